The van der Waals surface area contributed by atoms with Crippen LogP contribution in [0.25, 0.3) is 5.69 Å². The summed E-state index contributed by atoms with van der Waals surface area (Å²) in [5, 5.41) is 6.57. The van der Waals surface area contributed by atoms with Crippen molar-refractivity contribution in [3.63, 3.8) is 0 Å². The van der Waals surface area contributed by atoms with Crippen molar-refractivity contribution in [1.29, 1.82) is 0 Å². The van der Waals surface area contributed by atoms with Crippen molar-refractivity contribution in [3.8, 4) is 5.69 Å². The highest BCUT2D eigenvalue weighted by atomic mass is 35.5. The third-order valence-corrected chi connectivity index (χ3v) is 4.21. The molecule has 0 bridgehead atoms. The summed E-state index contributed by atoms with van der Waals surface area (Å²) in [6.45, 7) is 3.59. The molecule has 8 heteroatoms. The van der Waals surface area contributed by atoms with E-state index >= 15 is 0 Å². The zero-order valence-corrected chi connectivity index (χ0v) is 15.2. The minimum atomic E-state index is -4.78. The first-order valence-corrected chi connectivity index (χ1v) is 8.34. The second kappa shape index (κ2) is 7.08. The maximum Gasteiger partial charge on any atom is 0.434 e. The predicted molar refractivity (Wildman–Crippen MR) is 97.4 cm³/mol. The topological polar surface area (TPSA) is 46.9 Å². The molecule has 1 amide bonds. The number of anilines is 1. The number of aryl methyl sites for hydroxylation is 2. The molecular weight excluding hydrogens is 379 g/mol. The van der Waals surface area contributed by atoms with E-state index in [0.29, 0.717) is 10.4 Å². The lowest BCUT2D eigenvalue weighted by atomic mass is 10.1. The van der Waals surface area contributed by atoms with Gasteiger partial charge in [-0.15, -0.1) is 0 Å². The molecule has 0 aliphatic rings. The minimum absolute atomic E-state index is 0.112. The number of benzene rings is 2. The van der Waals surface area contributed by atoms with Crippen molar-refractivity contribution in [1.82, 2.24) is 9.78 Å². The molecule has 0 aliphatic carbocycles. The molecular formula is C19H15ClF3N3O. The van der Waals surface area contributed by atoms with Crippen LogP contribution in [0.5, 0.6) is 0 Å². The molecule has 4 nitrogen and oxygen atoms in total. The fourth-order valence-corrected chi connectivity index (χ4v) is 2.84. The van der Waals surface area contributed by atoms with Crippen LogP contribution in [-0.4, -0.2) is 15.7 Å². The second-order valence-electron chi connectivity index (χ2n) is 6.07. The molecule has 0 unspecified atom stereocenters. The molecule has 0 spiro atoms. The fourth-order valence-electron chi connectivity index (χ4n) is 2.65. The molecule has 3 rings (SSSR count). The molecule has 1 heterocycles. The first-order valence-electron chi connectivity index (χ1n) is 7.96. The van der Waals surface area contributed by atoms with Gasteiger partial charge in [0.1, 0.15) is 0 Å². The molecule has 27 heavy (non-hydrogen) atoms. The average molecular weight is 394 g/mol. The van der Waals surface area contributed by atoms with Gasteiger partial charge in [-0.25, -0.2) is 4.68 Å². The van der Waals surface area contributed by atoms with E-state index in [2.05, 4.69) is 10.4 Å². The van der Waals surface area contributed by atoms with Gasteiger partial charge in [-0.3, -0.25) is 4.79 Å². The number of hydrogen-bond donors (Lipinski definition) is 1. The summed E-state index contributed by atoms with van der Waals surface area (Å²) < 4.78 is 41.8. The molecule has 0 atom stereocenters. The van der Waals surface area contributed by atoms with Crippen LogP contribution in [0.15, 0.2) is 48.7 Å². The van der Waals surface area contributed by atoms with Crippen molar-refractivity contribution in [2.75, 3.05) is 5.32 Å². The van der Waals surface area contributed by atoms with Crippen LogP contribution in [0.4, 0.5) is 18.9 Å². The Morgan fingerprint density at radius 2 is 1.89 bits per heavy atom. The standard InChI is InChI=1S/C19H15ClF3N3O/c1-11-6-7-12(2)16(8-11)25-18(27)15-10-24-26(17(15)19(21,22)23)14-5-3-4-13(20)9-14/h3-10H,1-2H3,(H,25,27). The van der Waals surface area contributed by atoms with Gasteiger partial charge in [-0.2, -0.15) is 18.3 Å². The molecule has 0 saturated heterocycles. The number of nitrogens with one attached hydrogen (secondary N) is 1. The average Bonchev–Trinajstić information content (AvgIpc) is 3.04. The maximum absolute atomic E-state index is 13.7. The zero-order valence-electron chi connectivity index (χ0n) is 14.4. The van der Waals surface area contributed by atoms with Gasteiger partial charge in [0, 0.05) is 10.7 Å². The highest BCUT2D eigenvalue weighted by molar-refractivity contribution is 6.30. The van der Waals surface area contributed by atoms with E-state index in [0.717, 1.165) is 17.3 Å². The Kier molecular flexibility index (Phi) is 4.97. The summed E-state index contributed by atoms with van der Waals surface area (Å²) in [4.78, 5) is 12.6. The number of nitrogens with zero attached hydrogens (tertiary/aromatic N) is 2. The number of carbonyl (C=O) groups is 1. The van der Waals surface area contributed by atoms with Gasteiger partial charge < -0.3 is 5.32 Å². The predicted octanol–water partition coefficient (Wildman–Crippen LogP) is 5.41. The van der Waals surface area contributed by atoms with Crippen LogP contribution < -0.4 is 5.32 Å². The monoisotopic (exact) mass is 393 g/mol. The van der Waals surface area contributed by atoms with Gasteiger partial charge in [0.2, 0.25) is 0 Å². The largest absolute Gasteiger partial charge is 0.434 e. The fraction of sp³-hybridized carbons (Fsp3) is 0.158. The van der Waals surface area contributed by atoms with Crippen LogP contribution in [0.3, 0.4) is 0 Å². The third kappa shape index (κ3) is 3.98. The van der Waals surface area contributed by atoms with Crippen molar-refractivity contribution in [3.05, 3.63) is 76.1 Å². The number of rotatable bonds is 3. The Morgan fingerprint density at radius 1 is 1.15 bits per heavy atom. The maximum atomic E-state index is 13.7. The Labute approximate surface area is 158 Å². The number of alkyl halides is 3. The SMILES string of the molecule is Cc1ccc(C)c(NC(=O)c2cnn(-c3cccc(Cl)c3)c2C(F)(F)F)c1. The second-order valence-corrected chi connectivity index (χ2v) is 6.51. The van der Waals surface area contributed by atoms with E-state index in [1.54, 1.807) is 19.1 Å². The van der Waals surface area contributed by atoms with E-state index in [1.807, 2.05) is 13.0 Å². The molecule has 0 fully saturated rings. The lowest BCUT2D eigenvalue weighted by molar-refractivity contribution is -0.143. The molecule has 0 radical (unpaired) electrons. The molecule has 0 aliphatic heterocycles. The lowest BCUT2D eigenvalue weighted by Gasteiger charge is -2.14. The number of amides is 1. The summed E-state index contributed by atoms with van der Waals surface area (Å²) in [5.74, 6) is -0.885. The minimum Gasteiger partial charge on any atom is -0.322 e. The summed E-state index contributed by atoms with van der Waals surface area (Å²) in [6.07, 6.45) is -3.88. The van der Waals surface area contributed by atoms with E-state index in [9.17, 15) is 18.0 Å². The Hall–Kier alpha value is -2.80. The van der Waals surface area contributed by atoms with E-state index < -0.39 is 23.3 Å². The summed E-state index contributed by atoms with van der Waals surface area (Å²) in [5.41, 5.74) is 0.450. The molecule has 1 N–H and O–H groups in total. The number of carbonyl (C=O) groups excluding carboxylic acids is 1. The van der Waals surface area contributed by atoms with E-state index in [-0.39, 0.29) is 10.7 Å². The molecule has 1 aromatic heterocycles. The van der Waals surface area contributed by atoms with Crippen LogP contribution >= 0.6 is 11.6 Å². The van der Waals surface area contributed by atoms with Crippen LogP contribution in [0, 0.1) is 13.8 Å². The molecule has 2 aromatic carbocycles. The number of hydrogen-bond acceptors (Lipinski definition) is 2. The number of aromatic nitrogens is 2. The first-order chi connectivity index (χ1) is 12.7. The summed E-state index contributed by atoms with van der Waals surface area (Å²) in [6, 6.07) is 11.2. The van der Waals surface area contributed by atoms with Gasteiger partial charge in [-0.1, -0.05) is 29.8 Å². The zero-order chi connectivity index (χ0) is 19.8. The van der Waals surface area contributed by atoms with Gasteiger partial charge in [0.15, 0.2) is 5.69 Å². The lowest BCUT2D eigenvalue weighted by Crippen LogP contribution is -2.21. The Balaban J connectivity index is 2.05. The first kappa shape index (κ1) is 19.0. The van der Waals surface area contributed by atoms with Gasteiger partial charge >= 0.3 is 6.18 Å². The summed E-state index contributed by atoms with van der Waals surface area (Å²) in [7, 11) is 0. The molecule has 140 valence electrons. The molecule has 3 aromatic rings. The normalized spacial score (nSPS) is 11.5. The van der Waals surface area contributed by atoms with Gasteiger partial charge in [-0.05, 0) is 49.2 Å². The molecule has 0 saturated carbocycles. The van der Waals surface area contributed by atoms with Crippen LogP contribution in [0.1, 0.15) is 27.2 Å². The highest BCUT2D eigenvalue weighted by Crippen LogP contribution is 2.34. The van der Waals surface area contributed by atoms with Crippen LogP contribution in [-0.2, 0) is 6.18 Å². The smallest absolute Gasteiger partial charge is 0.322 e. The van der Waals surface area contributed by atoms with Crippen molar-refractivity contribution < 1.29 is 18.0 Å². The van der Waals surface area contributed by atoms with E-state index in [1.165, 1.54) is 24.3 Å². The van der Waals surface area contributed by atoms with Gasteiger partial charge in [0.25, 0.3) is 5.91 Å². The van der Waals surface area contributed by atoms with Crippen molar-refractivity contribution in [2.24, 2.45) is 0 Å². The Bertz CT molecular complexity index is 1010. The summed E-state index contributed by atoms with van der Waals surface area (Å²) >= 11 is 5.87. The van der Waals surface area contributed by atoms with Crippen molar-refractivity contribution >= 4 is 23.2 Å². The number of halogens is 4. The highest BCUT2D eigenvalue weighted by Gasteiger charge is 2.40. The van der Waals surface area contributed by atoms with E-state index in [4.69, 9.17) is 11.6 Å². The third-order valence-electron chi connectivity index (χ3n) is 3.98. The van der Waals surface area contributed by atoms with Crippen molar-refractivity contribution in [2.45, 2.75) is 20.0 Å². The Morgan fingerprint density at radius 3 is 2.56 bits per heavy atom. The van der Waals surface area contributed by atoms with Crippen LogP contribution in [0.2, 0.25) is 5.02 Å². The van der Waals surface area contributed by atoms with Gasteiger partial charge in [0.05, 0.1) is 17.4 Å². The quantitative estimate of drug-likeness (QED) is 0.646.